The van der Waals surface area contributed by atoms with Crippen LogP contribution >= 0.6 is 0 Å². The van der Waals surface area contributed by atoms with Gasteiger partial charge in [0.1, 0.15) is 5.82 Å². The van der Waals surface area contributed by atoms with Gasteiger partial charge in [-0.15, -0.1) is 0 Å². The van der Waals surface area contributed by atoms with E-state index in [0.717, 1.165) is 41.3 Å². The van der Waals surface area contributed by atoms with Crippen molar-refractivity contribution in [1.29, 1.82) is 0 Å². The average Bonchev–Trinajstić information content (AvgIpc) is 2.99. The second-order valence-electron chi connectivity index (χ2n) is 6.85. The molecule has 2 aliphatic rings. The average molecular weight is 337 g/mol. The van der Waals surface area contributed by atoms with Crippen molar-refractivity contribution in [2.45, 2.75) is 33.4 Å². The van der Waals surface area contributed by atoms with Crippen molar-refractivity contribution >= 4 is 17.7 Å². The molecule has 0 atom stereocenters. The number of aryl methyl sites for hydroxylation is 2. The number of anilines is 2. The molecule has 2 aromatic rings. The van der Waals surface area contributed by atoms with E-state index in [1.165, 1.54) is 12.0 Å². The molecule has 6 heteroatoms. The summed E-state index contributed by atoms with van der Waals surface area (Å²) in [5, 5.41) is 3.04. The van der Waals surface area contributed by atoms with Gasteiger partial charge in [0.05, 0.1) is 18.8 Å². The fourth-order valence-electron chi connectivity index (χ4n) is 3.34. The monoisotopic (exact) mass is 337 g/mol. The molecule has 0 aliphatic carbocycles. The summed E-state index contributed by atoms with van der Waals surface area (Å²) in [5.41, 5.74) is 5.13. The summed E-state index contributed by atoms with van der Waals surface area (Å²) in [5.74, 6) is 1.67. The maximum atomic E-state index is 12.9. The number of hydrogen-bond acceptors (Lipinski definition) is 5. The van der Waals surface area contributed by atoms with Crippen molar-refractivity contribution in [3.8, 4) is 0 Å². The van der Waals surface area contributed by atoms with Crippen molar-refractivity contribution in [1.82, 2.24) is 14.9 Å². The third-order valence-electron chi connectivity index (χ3n) is 5.18. The highest BCUT2D eigenvalue weighted by Crippen LogP contribution is 2.33. The summed E-state index contributed by atoms with van der Waals surface area (Å²) in [4.78, 5) is 26.3. The molecule has 1 aromatic carbocycles. The van der Waals surface area contributed by atoms with Gasteiger partial charge in [-0.2, -0.15) is 4.98 Å². The van der Waals surface area contributed by atoms with Gasteiger partial charge in [0.25, 0.3) is 5.91 Å². The van der Waals surface area contributed by atoms with Crippen molar-refractivity contribution in [2.24, 2.45) is 0 Å². The van der Waals surface area contributed by atoms with Crippen LogP contribution in [-0.2, 0) is 13.1 Å². The summed E-state index contributed by atoms with van der Waals surface area (Å²) in [6.07, 6.45) is 1.19. The maximum absolute atomic E-state index is 12.9. The van der Waals surface area contributed by atoms with Gasteiger partial charge < -0.3 is 15.1 Å². The first kappa shape index (κ1) is 15.9. The van der Waals surface area contributed by atoms with E-state index in [0.29, 0.717) is 19.0 Å². The number of amides is 1. The van der Waals surface area contributed by atoms with Crippen LogP contribution in [0.4, 0.5) is 11.8 Å². The summed E-state index contributed by atoms with van der Waals surface area (Å²) in [6, 6.07) is 5.90. The molecule has 1 N–H and O–H groups in total. The van der Waals surface area contributed by atoms with Crippen LogP contribution in [0.25, 0.3) is 0 Å². The maximum Gasteiger partial charge on any atom is 0.254 e. The number of hydrogen-bond donors (Lipinski definition) is 1. The van der Waals surface area contributed by atoms with E-state index < -0.39 is 0 Å². The van der Waals surface area contributed by atoms with Crippen LogP contribution in [-0.4, -0.2) is 40.9 Å². The number of rotatable bonds is 3. The lowest BCUT2D eigenvalue weighted by Crippen LogP contribution is -2.38. The lowest BCUT2D eigenvalue weighted by atomic mass is 10.1. The number of carbonyl (C=O) groups is 1. The molecule has 2 aliphatic heterocycles. The van der Waals surface area contributed by atoms with Crippen LogP contribution in [0.1, 0.15) is 39.2 Å². The Hall–Kier alpha value is -2.63. The van der Waals surface area contributed by atoms with Crippen molar-refractivity contribution in [3.63, 3.8) is 0 Å². The van der Waals surface area contributed by atoms with Crippen LogP contribution < -0.4 is 10.2 Å². The van der Waals surface area contributed by atoms with Crippen LogP contribution in [0.3, 0.4) is 0 Å². The molecule has 3 heterocycles. The van der Waals surface area contributed by atoms with Crippen molar-refractivity contribution in [2.75, 3.05) is 30.4 Å². The van der Waals surface area contributed by atoms with E-state index in [1.807, 2.05) is 37.1 Å². The molecule has 0 spiro atoms. The van der Waals surface area contributed by atoms with Crippen LogP contribution in [0.15, 0.2) is 18.2 Å². The normalized spacial score (nSPS) is 15.8. The zero-order chi connectivity index (χ0) is 17.6. The Morgan fingerprint density at radius 1 is 1.12 bits per heavy atom. The predicted octanol–water partition coefficient (Wildman–Crippen LogP) is 2.50. The number of nitrogens with zero attached hydrogens (tertiary/aromatic N) is 4. The zero-order valence-electron chi connectivity index (χ0n) is 15.0. The topological polar surface area (TPSA) is 61.4 Å². The zero-order valence-corrected chi connectivity index (χ0v) is 15.0. The van der Waals surface area contributed by atoms with E-state index in [2.05, 4.69) is 27.1 Å². The van der Waals surface area contributed by atoms with Crippen molar-refractivity contribution < 1.29 is 4.79 Å². The molecule has 0 saturated carbocycles. The number of nitrogens with one attached hydrogen (secondary N) is 1. The molecule has 25 heavy (non-hydrogen) atoms. The lowest BCUT2D eigenvalue weighted by Gasteiger charge is -2.33. The lowest BCUT2D eigenvalue weighted by molar-refractivity contribution is 0.0750. The van der Waals surface area contributed by atoms with Crippen LogP contribution in [0.5, 0.6) is 0 Å². The third kappa shape index (κ3) is 2.71. The first-order valence-electron chi connectivity index (χ1n) is 8.76. The molecule has 1 aromatic heterocycles. The Morgan fingerprint density at radius 2 is 1.92 bits per heavy atom. The van der Waals surface area contributed by atoms with Crippen LogP contribution in [0.2, 0.25) is 0 Å². The standard InChI is InChI=1S/C19H23N5O/c1-12-5-6-14(9-13(12)2)18(25)24-10-15-16(11-24)21-19(20-3)22-17(15)23-7-4-8-23/h5-6,9H,4,7-8,10-11H2,1-3H3,(H,20,21,22). The second-order valence-corrected chi connectivity index (χ2v) is 6.85. The summed E-state index contributed by atoms with van der Waals surface area (Å²) in [6.45, 7) is 7.27. The Labute approximate surface area is 147 Å². The number of carbonyl (C=O) groups excluding carboxylic acids is 1. The highest BCUT2D eigenvalue weighted by molar-refractivity contribution is 5.95. The Bertz CT molecular complexity index is 844. The fourth-order valence-corrected chi connectivity index (χ4v) is 3.34. The van der Waals surface area contributed by atoms with Gasteiger partial charge in [-0.1, -0.05) is 6.07 Å². The van der Waals surface area contributed by atoms with Gasteiger partial charge in [-0.25, -0.2) is 4.98 Å². The van der Waals surface area contributed by atoms with Gasteiger partial charge in [-0.05, 0) is 43.5 Å². The highest BCUT2D eigenvalue weighted by Gasteiger charge is 2.32. The first-order valence-corrected chi connectivity index (χ1v) is 8.76. The third-order valence-corrected chi connectivity index (χ3v) is 5.18. The Morgan fingerprint density at radius 3 is 2.56 bits per heavy atom. The Balaban J connectivity index is 1.63. The molecule has 0 bridgehead atoms. The van der Waals surface area contributed by atoms with Crippen LogP contribution in [0, 0.1) is 13.8 Å². The van der Waals surface area contributed by atoms with Crippen molar-refractivity contribution in [3.05, 3.63) is 46.1 Å². The predicted molar refractivity (Wildman–Crippen MR) is 97.9 cm³/mol. The summed E-state index contributed by atoms with van der Waals surface area (Å²) < 4.78 is 0. The van der Waals surface area contributed by atoms with E-state index in [1.54, 1.807) is 0 Å². The Kier molecular flexibility index (Phi) is 3.82. The molecular formula is C19H23N5O. The van der Waals surface area contributed by atoms with E-state index >= 15 is 0 Å². The molecule has 1 fully saturated rings. The van der Waals surface area contributed by atoms with Gasteiger partial charge in [0.15, 0.2) is 0 Å². The minimum absolute atomic E-state index is 0.0571. The SMILES string of the molecule is CNc1nc2c(c(N3CCC3)n1)CN(C(=O)c1ccc(C)c(C)c1)C2. The molecule has 1 amide bonds. The molecular weight excluding hydrogens is 314 g/mol. The minimum atomic E-state index is 0.0571. The molecule has 6 nitrogen and oxygen atoms in total. The second kappa shape index (κ2) is 6.02. The molecule has 130 valence electrons. The quantitative estimate of drug-likeness (QED) is 0.932. The largest absolute Gasteiger partial charge is 0.357 e. The van der Waals surface area contributed by atoms with E-state index in [-0.39, 0.29) is 5.91 Å². The number of fused-ring (bicyclic) bond motifs is 1. The fraction of sp³-hybridized carbons (Fsp3) is 0.421. The first-order chi connectivity index (χ1) is 12.1. The van der Waals surface area contributed by atoms with Gasteiger partial charge in [0.2, 0.25) is 5.95 Å². The number of benzene rings is 1. The molecule has 1 saturated heterocycles. The summed E-state index contributed by atoms with van der Waals surface area (Å²) in [7, 11) is 1.83. The van der Waals surface area contributed by atoms with Gasteiger partial charge >= 0.3 is 0 Å². The summed E-state index contributed by atoms with van der Waals surface area (Å²) >= 11 is 0. The molecule has 0 unspecified atom stereocenters. The van der Waals surface area contributed by atoms with Gasteiger partial charge in [0, 0.05) is 31.3 Å². The van der Waals surface area contributed by atoms with E-state index in [4.69, 9.17) is 0 Å². The van der Waals surface area contributed by atoms with Gasteiger partial charge in [-0.3, -0.25) is 4.79 Å². The minimum Gasteiger partial charge on any atom is -0.357 e. The molecule has 4 rings (SSSR count). The molecule has 0 radical (unpaired) electrons. The van der Waals surface area contributed by atoms with E-state index in [9.17, 15) is 4.79 Å². The smallest absolute Gasteiger partial charge is 0.254 e. The number of aromatic nitrogens is 2. The highest BCUT2D eigenvalue weighted by atomic mass is 16.2.